The zero-order chi connectivity index (χ0) is 12.1. The molecule has 0 saturated heterocycles. The van der Waals surface area contributed by atoms with Gasteiger partial charge in [0.05, 0.1) is 0 Å². The molecule has 0 N–H and O–H groups in total. The number of carbonyl (C=O) groups is 2. The lowest BCUT2D eigenvalue weighted by atomic mass is 10.1. The molecule has 94 valence electrons. The molecule has 0 saturated carbocycles. The van der Waals surface area contributed by atoms with Gasteiger partial charge in [-0.15, -0.1) is 0 Å². The van der Waals surface area contributed by atoms with Crippen LogP contribution < -0.4 is 4.57 Å². The third-order valence-corrected chi connectivity index (χ3v) is 2.34. The molecule has 4 heteroatoms. The number of hydrogen-bond acceptors (Lipinski definition) is 3. The second-order valence-corrected chi connectivity index (χ2v) is 3.60. The third-order valence-electron chi connectivity index (χ3n) is 2.34. The molecule has 1 rings (SSSR count). The fraction of sp³-hybridized carbons (Fsp3) is 0.385. The Balaban J connectivity index is 0.00000256. The topological polar surface area (TPSA) is 47.2 Å². The molecule has 0 bridgehead atoms. The van der Waals surface area contributed by atoms with Crippen LogP contribution in [0.4, 0.5) is 0 Å². The van der Waals surface area contributed by atoms with Crippen LogP contribution in [0.5, 0.6) is 0 Å². The van der Waals surface area contributed by atoms with E-state index < -0.39 is 0 Å². The molecule has 0 unspecified atom stereocenters. The van der Waals surface area contributed by atoms with Crippen molar-refractivity contribution in [2.24, 2.45) is 0 Å². The van der Waals surface area contributed by atoms with Gasteiger partial charge in [0.2, 0.25) is 11.5 Å². The molecule has 0 fully saturated rings. The van der Waals surface area contributed by atoms with Crippen molar-refractivity contribution in [3.8, 4) is 0 Å². The van der Waals surface area contributed by atoms with Crippen molar-refractivity contribution in [1.82, 2.24) is 0 Å². The maximum atomic E-state index is 11.4. The fourth-order valence-corrected chi connectivity index (χ4v) is 1.44. The van der Waals surface area contributed by atoms with Crippen molar-refractivity contribution in [1.29, 1.82) is 0 Å². The van der Waals surface area contributed by atoms with Crippen molar-refractivity contribution in [3.63, 3.8) is 0 Å². The van der Waals surface area contributed by atoms with E-state index in [1.165, 1.54) is 13.8 Å². The number of hydrogen-bond donors (Lipinski definition) is 0. The zero-order valence-corrected chi connectivity index (χ0v) is 10.8. The summed E-state index contributed by atoms with van der Waals surface area (Å²) in [6, 6.07) is 3.34. The summed E-state index contributed by atoms with van der Waals surface area (Å²) in [5, 5.41) is 0. The summed E-state index contributed by atoms with van der Waals surface area (Å²) in [5.41, 5.74) is 1.09. The molecular formula is C13H19NO3. The number of aromatic nitrogens is 1. The number of ether oxygens (including phenoxy) is 1. The third kappa shape index (κ3) is 4.07. The van der Waals surface area contributed by atoms with E-state index in [0.717, 1.165) is 0 Å². The largest absolute Gasteiger partial charge is 0.378 e. The second-order valence-electron chi connectivity index (χ2n) is 3.60. The van der Waals surface area contributed by atoms with Gasteiger partial charge in [-0.1, -0.05) is 0 Å². The molecule has 0 aliphatic heterocycles. The Morgan fingerprint density at radius 3 is 2.41 bits per heavy atom. The Morgan fingerprint density at radius 1 is 1.29 bits per heavy atom. The lowest BCUT2D eigenvalue weighted by molar-refractivity contribution is -0.700. The number of methoxy groups -OCH3 is 1. The van der Waals surface area contributed by atoms with E-state index in [1.54, 1.807) is 30.0 Å². The molecule has 0 aliphatic carbocycles. The van der Waals surface area contributed by atoms with Crippen LogP contribution in [0, 0.1) is 7.43 Å². The molecule has 0 spiro atoms. The minimum Gasteiger partial charge on any atom is -0.378 e. The lowest BCUT2D eigenvalue weighted by Crippen LogP contribution is -2.41. The maximum absolute atomic E-state index is 11.4. The first-order chi connectivity index (χ1) is 7.56. The van der Waals surface area contributed by atoms with Crippen LogP contribution in [0.1, 0.15) is 34.7 Å². The molecule has 1 aromatic heterocycles. The maximum Gasteiger partial charge on any atom is 0.249 e. The molecular weight excluding hydrogens is 218 g/mol. The fourth-order valence-electron chi connectivity index (χ4n) is 1.44. The molecule has 0 aromatic carbocycles. The van der Waals surface area contributed by atoms with Crippen LogP contribution >= 0.6 is 0 Å². The average Bonchev–Trinajstić information content (AvgIpc) is 2.25. The minimum absolute atomic E-state index is 0. The molecule has 0 aliphatic rings. The van der Waals surface area contributed by atoms with Crippen molar-refractivity contribution in [2.45, 2.75) is 20.4 Å². The molecule has 4 nitrogen and oxygen atoms in total. The Morgan fingerprint density at radius 2 is 1.94 bits per heavy atom. The highest BCUT2D eigenvalue weighted by molar-refractivity contribution is 5.97. The first kappa shape index (κ1) is 15.5. The van der Waals surface area contributed by atoms with Crippen LogP contribution in [0.25, 0.3) is 0 Å². The van der Waals surface area contributed by atoms with Gasteiger partial charge in [-0.25, -0.2) is 0 Å². The van der Waals surface area contributed by atoms with Gasteiger partial charge in [0.25, 0.3) is 0 Å². The molecule has 0 atom stereocenters. The van der Waals surface area contributed by atoms with Gasteiger partial charge in [0.15, 0.2) is 18.5 Å². The number of Topliss-reactive ketones (excluding diaryl/α,β-unsaturated/α-hetero) is 2. The first-order valence-corrected chi connectivity index (χ1v) is 5.10. The van der Waals surface area contributed by atoms with E-state index in [0.29, 0.717) is 24.4 Å². The smallest absolute Gasteiger partial charge is 0.249 e. The van der Waals surface area contributed by atoms with Gasteiger partial charge in [-0.2, -0.15) is 4.57 Å². The summed E-state index contributed by atoms with van der Waals surface area (Å²) in [6.45, 7) is 4.11. The number of ketones is 2. The van der Waals surface area contributed by atoms with Gasteiger partial charge in [0, 0.05) is 31.7 Å². The van der Waals surface area contributed by atoms with Crippen molar-refractivity contribution < 1.29 is 18.9 Å². The van der Waals surface area contributed by atoms with Crippen molar-refractivity contribution in [2.75, 3.05) is 13.7 Å². The summed E-state index contributed by atoms with van der Waals surface area (Å²) in [7, 11) is 1.61. The van der Waals surface area contributed by atoms with E-state index >= 15 is 0 Å². The van der Waals surface area contributed by atoms with E-state index in [4.69, 9.17) is 4.74 Å². The highest BCUT2D eigenvalue weighted by Gasteiger charge is 2.17. The number of nitrogens with zero attached hydrogens (tertiary/aromatic N) is 1. The monoisotopic (exact) mass is 237 g/mol. The highest BCUT2D eigenvalue weighted by Crippen LogP contribution is 2.02. The quantitative estimate of drug-likeness (QED) is 0.442. The van der Waals surface area contributed by atoms with Crippen LogP contribution in [0.2, 0.25) is 0 Å². The Hall–Kier alpha value is -1.55. The van der Waals surface area contributed by atoms with Gasteiger partial charge in [-0.05, 0) is 6.92 Å². The summed E-state index contributed by atoms with van der Waals surface area (Å²) in [6.07, 6.45) is 1.74. The van der Waals surface area contributed by atoms with Crippen LogP contribution in [-0.2, 0) is 11.3 Å². The Kier molecular flexibility index (Phi) is 6.28. The number of pyridine rings is 1. The zero-order valence-electron chi connectivity index (χ0n) is 10.8. The predicted molar refractivity (Wildman–Crippen MR) is 64.9 cm³/mol. The lowest BCUT2D eigenvalue weighted by Gasteiger charge is -2.02. The summed E-state index contributed by atoms with van der Waals surface area (Å²) in [5.74, 6) is -0.0967. The molecule has 17 heavy (non-hydrogen) atoms. The highest BCUT2D eigenvalue weighted by atomic mass is 16.5. The first-order valence-electron chi connectivity index (χ1n) is 5.10. The van der Waals surface area contributed by atoms with E-state index in [2.05, 4.69) is 0 Å². The van der Waals surface area contributed by atoms with Crippen LogP contribution in [0.15, 0.2) is 18.3 Å². The van der Waals surface area contributed by atoms with E-state index in [1.807, 2.05) is 0 Å². The number of rotatable bonds is 5. The average molecular weight is 237 g/mol. The Bertz CT molecular complexity index is 413. The summed E-state index contributed by atoms with van der Waals surface area (Å²) in [4.78, 5) is 22.6. The minimum atomic E-state index is -0.0563. The van der Waals surface area contributed by atoms with E-state index in [9.17, 15) is 9.59 Å². The molecule has 0 amide bonds. The van der Waals surface area contributed by atoms with Gasteiger partial charge < -0.3 is 12.2 Å². The van der Waals surface area contributed by atoms with E-state index in [-0.39, 0.29) is 19.0 Å². The van der Waals surface area contributed by atoms with Crippen molar-refractivity contribution >= 4 is 11.6 Å². The van der Waals surface area contributed by atoms with Crippen LogP contribution in [-0.4, -0.2) is 25.3 Å². The van der Waals surface area contributed by atoms with Gasteiger partial charge in [-0.3, -0.25) is 9.59 Å². The van der Waals surface area contributed by atoms with Gasteiger partial charge in [0.1, 0.15) is 6.61 Å². The second kappa shape index (κ2) is 6.91. The molecule has 1 aromatic rings. The SMILES string of the molecule is COCC[n+]1ccc(C(C)=O)cc1C(C)=O.[CH3-]. The normalized spacial score (nSPS) is 9.59. The predicted octanol–water partition coefficient (Wildman–Crippen LogP) is 1.48. The standard InChI is InChI=1S/C12H16NO3.CH3/c1-9(14)11-4-5-13(6-7-16-3)12(8-11)10(2)15;/h4-5,8H,6-7H2,1-3H3;1H3/q+1;-1. The number of carbonyl (C=O) groups excluding carboxylic acids is 2. The summed E-state index contributed by atoms with van der Waals surface area (Å²) >= 11 is 0. The van der Waals surface area contributed by atoms with Crippen molar-refractivity contribution in [3.05, 3.63) is 37.0 Å². The molecule has 0 radical (unpaired) electrons. The summed E-state index contributed by atoms with van der Waals surface area (Å²) < 4.78 is 6.75. The van der Waals surface area contributed by atoms with Gasteiger partial charge >= 0.3 is 0 Å². The van der Waals surface area contributed by atoms with Crippen LogP contribution in [0.3, 0.4) is 0 Å². The Labute approximate surface area is 102 Å². The molecule has 1 heterocycles.